The molecule has 220 valence electrons. The number of para-hydroxylation sites is 1. The van der Waals surface area contributed by atoms with Crippen molar-refractivity contribution >= 4 is 47.2 Å². The Morgan fingerprint density at radius 3 is 2.15 bits per heavy atom. The molecule has 0 spiro atoms. The van der Waals surface area contributed by atoms with E-state index < -0.39 is 47.9 Å². The Labute approximate surface area is 244 Å². The van der Waals surface area contributed by atoms with Gasteiger partial charge in [0.25, 0.3) is 0 Å². The summed E-state index contributed by atoms with van der Waals surface area (Å²) >= 11 is 4.20. The van der Waals surface area contributed by atoms with Crippen LogP contribution in [0, 0.1) is 0 Å². The largest absolute Gasteiger partial charge is 0.480 e. The molecule has 41 heavy (non-hydrogen) atoms. The number of rotatable bonds is 16. The van der Waals surface area contributed by atoms with Gasteiger partial charge in [-0.1, -0.05) is 48.5 Å². The molecule has 3 amide bonds. The number of nitrogens with two attached hydrogens (primary N) is 2. The standard InChI is InChI=1S/C29H38N6O5S/c30-13-7-6-12-23(27(37)34-24(29(39)40)15-19-16-32-22-11-5-4-10-20(19)22)33-28(38)25(17-41)35-26(36)21(31)14-18-8-2-1-3-9-18/h1-5,8-11,16,21,23-25,32,41H,6-7,12-15,17,30-31H2,(H,33,38)(H,34,37)(H,35,36)(H,39,40). The maximum absolute atomic E-state index is 13.3. The van der Waals surface area contributed by atoms with E-state index in [9.17, 15) is 24.3 Å². The lowest BCUT2D eigenvalue weighted by Crippen LogP contribution is -2.58. The topological polar surface area (TPSA) is 192 Å². The van der Waals surface area contributed by atoms with E-state index in [1.807, 2.05) is 54.6 Å². The van der Waals surface area contributed by atoms with Gasteiger partial charge in [-0.2, -0.15) is 12.6 Å². The number of aliphatic carboxylic acids is 1. The molecule has 0 bridgehead atoms. The van der Waals surface area contributed by atoms with Crippen LogP contribution in [0.15, 0.2) is 60.8 Å². The van der Waals surface area contributed by atoms with Crippen molar-refractivity contribution in [2.24, 2.45) is 11.5 Å². The molecule has 4 unspecified atom stereocenters. The molecule has 0 aliphatic heterocycles. The molecule has 0 aliphatic carbocycles. The number of benzene rings is 2. The summed E-state index contributed by atoms with van der Waals surface area (Å²) in [5.41, 5.74) is 14.1. The summed E-state index contributed by atoms with van der Waals surface area (Å²) in [6, 6.07) is 12.5. The molecular formula is C29H38N6O5S. The van der Waals surface area contributed by atoms with Gasteiger partial charge >= 0.3 is 5.97 Å². The van der Waals surface area contributed by atoms with Gasteiger partial charge in [0, 0.05) is 29.3 Å². The van der Waals surface area contributed by atoms with E-state index in [-0.39, 0.29) is 25.0 Å². The van der Waals surface area contributed by atoms with Crippen LogP contribution in [0.2, 0.25) is 0 Å². The molecule has 1 aromatic heterocycles. The number of nitrogens with one attached hydrogen (secondary N) is 4. The first-order valence-electron chi connectivity index (χ1n) is 13.5. The molecule has 9 N–H and O–H groups in total. The molecule has 3 aromatic rings. The SMILES string of the molecule is NCCCCC(NC(=O)C(CS)NC(=O)C(N)Cc1ccccc1)C(=O)NC(Cc1c[nH]c2ccccc12)C(=O)O. The van der Waals surface area contributed by atoms with E-state index in [1.54, 1.807) is 6.20 Å². The summed E-state index contributed by atoms with van der Waals surface area (Å²) in [5, 5.41) is 18.5. The van der Waals surface area contributed by atoms with Crippen molar-refractivity contribution in [3.8, 4) is 0 Å². The summed E-state index contributed by atoms with van der Waals surface area (Å²) in [7, 11) is 0. The number of carbonyl (C=O) groups excluding carboxylic acids is 3. The van der Waals surface area contributed by atoms with Gasteiger partial charge in [-0.05, 0) is 49.4 Å². The molecule has 3 rings (SSSR count). The number of unbranched alkanes of at least 4 members (excludes halogenated alkanes) is 1. The average Bonchev–Trinajstić information content (AvgIpc) is 3.37. The summed E-state index contributed by atoms with van der Waals surface area (Å²) < 4.78 is 0. The molecule has 2 aromatic carbocycles. The van der Waals surface area contributed by atoms with Crippen molar-refractivity contribution in [1.29, 1.82) is 0 Å². The minimum atomic E-state index is -1.23. The van der Waals surface area contributed by atoms with Gasteiger partial charge in [0.05, 0.1) is 6.04 Å². The van der Waals surface area contributed by atoms with Gasteiger partial charge in [-0.15, -0.1) is 0 Å². The number of hydrogen-bond acceptors (Lipinski definition) is 7. The zero-order chi connectivity index (χ0) is 29.8. The number of carboxylic acids is 1. The lowest BCUT2D eigenvalue weighted by Gasteiger charge is -2.24. The quantitative estimate of drug-likeness (QED) is 0.0907. The number of aromatic nitrogens is 1. The highest BCUT2D eigenvalue weighted by molar-refractivity contribution is 7.80. The molecule has 1 heterocycles. The van der Waals surface area contributed by atoms with E-state index in [2.05, 4.69) is 33.6 Å². The molecule has 4 atom stereocenters. The number of fused-ring (bicyclic) bond motifs is 1. The lowest BCUT2D eigenvalue weighted by molar-refractivity contribution is -0.142. The summed E-state index contributed by atoms with van der Waals surface area (Å²) in [5.74, 6) is -3.05. The van der Waals surface area contributed by atoms with Gasteiger partial charge in [-0.25, -0.2) is 4.79 Å². The smallest absolute Gasteiger partial charge is 0.326 e. The molecular weight excluding hydrogens is 544 g/mol. The minimum Gasteiger partial charge on any atom is -0.480 e. The van der Waals surface area contributed by atoms with E-state index in [1.165, 1.54) is 0 Å². The van der Waals surface area contributed by atoms with Crippen molar-refractivity contribution in [3.63, 3.8) is 0 Å². The molecule has 0 saturated heterocycles. The van der Waals surface area contributed by atoms with Crippen molar-refractivity contribution < 1.29 is 24.3 Å². The van der Waals surface area contributed by atoms with E-state index in [0.717, 1.165) is 22.0 Å². The van der Waals surface area contributed by atoms with E-state index >= 15 is 0 Å². The first kappa shape index (κ1) is 31.7. The highest BCUT2D eigenvalue weighted by Gasteiger charge is 2.30. The van der Waals surface area contributed by atoms with E-state index in [4.69, 9.17) is 11.5 Å². The van der Waals surface area contributed by atoms with Crippen LogP contribution in [-0.2, 0) is 32.0 Å². The predicted octanol–water partition coefficient (Wildman–Crippen LogP) is 0.878. The van der Waals surface area contributed by atoms with Crippen molar-refractivity contribution in [3.05, 3.63) is 71.9 Å². The Balaban J connectivity index is 1.66. The Kier molecular flexibility index (Phi) is 12.2. The zero-order valence-corrected chi connectivity index (χ0v) is 23.6. The number of H-pyrrole nitrogens is 1. The van der Waals surface area contributed by atoms with Crippen LogP contribution >= 0.6 is 12.6 Å². The number of thiol groups is 1. The second-order valence-electron chi connectivity index (χ2n) is 9.85. The number of carboxylic acid groups (broad SMARTS) is 1. The lowest BCUT2D eigenvalue weighted by atomic mass is 10.0. The van der Waals surface area contributed by atoms with Gasteiger partial charge in [0.2, 0.25) is 17.7 Å². The first-order chi connectivity index (χ1) is 19.7. The third kappa shape index (κ3) is 9.34. The monoisotopic (exact) mass is 582 g/mol. The van der Waals surface area contributed by atoms with Crippen molar-refractivity contribution in [2.75, 3.05) is 12.3 Å². The Morgan fingerprint density at radius 2 is 1.46 bits per heavy atom. The maximum atomic E-state index is 13.3. The first-order valence-corrected chi connectivity index (χ1v) is 14.2. The van der Waals surface area contributed by atoms with E-state index in [0.29, 0.717) is 19.4 Å². The Morgan fingerprint density at radius 1 is 0.829 bits per heavy atom. The number of hydrogen-bond donors (Lipinski definition) is 8. The fourth-order valence-corrected chi connectivity index (χ4v) is 4.72. The average molecular weight is 583 g/mol. The number of aromatic amines is 1. The van der Waals surface area contributed by atoms with Crippen molar-refractivity contribution in [2.45, 2.75) is 56.3 Å². The van der Waals surface area contributed by atoms with Gasteiger partial charge < -0.3 is 37.5 Å². The second kappa shape index (κ2) is 15.8. The third-order valence-electron chi connectivity index (χ3n) is 6.74. The molecule has 0 aliphatic rings. The molecule has 0 saturated carbocycles. The second-order valence-corrected chi connectivity index (χ2v) is 10.2. The van der Waals surface area contributed by atoms with Crippen LogP contribution in [0.5, 0.6) is 0 Å². The molecule has 11 nitrogen and oxygen atoms in total. The Bertz CT molecular complexity index is 1320. The number of carbonyl (C=O) groups is 4. The zero-order valence-electron chi connectivity index (χ0n) is 22.7. The summed E-state index contributed by atoms with van der Waals surface area (Å²) in [4.78, 5) is 54.3. The highest BCUT2D eigenvalue weighted by Crippen LogP contribution is 2.19. The molecule has 12 heteroatoms. The van der Waals surface area contributed by atoms with Gasteiger partial charge in [-0.3, -0.25) is 14.4 Å². The summed E-state index contributed by atoms with van der Waals surface area (Å²) in [6.07, 6.45) is 3.41. The summed E-state index contributed by atoms with van der Waals surface area (Å²) in [6.45, 7) is 0.398. The van der Waals surface area contributed by atoms with Gasteiger partial charge in [0.1, 0.15) is 18.1 Å². The normalized spacial score (nSPS) is 14.0. The Hall–Kier alpha value is -3.87. The third-order valence-corrected chi connectivity index (χ3v) is 7.11. The minimum absolute atomic E-state index is 0.0366. The van der Waals surface area contributed by atoms with Crippen LogP contribution in [0.3, 0.4) is 0 Å². The van der Waals surface area contributed by atoms with Crippen LogP contribution in [-0.4, -0.2) is 70.2 Å². The molecule has 0 radical (unpaired) electrons. The fourth-order valence-electron chi connectivity index (χ4n) is 4.46. The molecule has 0 fully saturated rings. The van der Waals surface area contributed by atoms with Crippen LogP contribution in [0.1, 0.15) is 30.4 Å². The predicted molar refractivity (Wildman–Crippen MR) is 160 cm³/mol. The van der Waals surface area contributed by atoms with Gasteiger partial charge in [0.15, 0.2) is 0 Å². The van der Waals surface area contributed by atoms with Crippen LogP contribution in [0.25, 0.3) is 10.9 Å². The van der Waals surface area contributed by atoms with Crippen molar-refractivity contribution in [1.82, 2.24) is 20.9 Å². The highest BCUT2D eigenvalue weighted by atomic mass is 32.1. The number of amides is 3. The van der Waals surface area contributed by atoms with Crippen LogP contribution < -0.4 is 27.4 Å². The fraction of sp³-hybridized carbons (Fsp3) is 0.379. The van der Waals surface area contributed by atoms with Crippen LogP contribution in [0.4, 0.5) is 0 Å². The maximum Gasteiger partial charge on any atom is 0.326 e.